The first kappa shape index (κ1) is 32.8. The van der Waals surface area contributed by atoms with E-state index in [-0.39, 0.29) is 42.7 Å². The fourth-order valence-corrected chi connectivity index (χ4v) is 4.44. The van der Waals surface area contributed by atoms with E-state index in [4.69, 9.17) is 5.73 Å². The Hall–Kier alpha value is -3.36. The van der Waals surface area contributed by atoms with Crippen molar-refractivity contribution >= 4 is 42.2 Å². The van der Waals surface area contributed by atoms with Crippen molar-refractivity contribution in [2.45, 2.75) is 69.7 Å². The standard InChI is InChI=1S/C26H40N6O7S/c1-14(2)10-18(23(35)32-21(13-40)26(38)39)29-24(36)19(11-15-5-7-16(33)8-6-15)30-25(37)20(12-27)31-22(34)17-4-3-9-28-17/h5-8,14,17-21,28,33,40H,3-4,9-13,27H2,1-2H3,(H,29,36)(H,30,37)(H,31,34)(H,32,35)(H,38,39)/t17-,18-,19-,20-,21-/m0/s1. The van der Waals surface area contributed by atoms with Crippen LogP contribution in [0.15, 0.2) is 24.3 Å². The van der Waals surface area contributed by atoms with Crippen molar-refractivity contribution in [1.29, 1.82) is 0 Å². The van der Waals surface area contributed by atoms with E-state index in [1.165, 1.54) is 12.1 Å². The molecule has 1 fully saturated rings. The third-order valence-corrected chi connectivity index (χ3v) is 6.76. The molecule has 0 radical (unpaired) electrons. The zero-order valence-corrected chi connectivity index (χ0v) is 23.6. The van der Waals surface area contributed by atoms with E-state index in [0.29, 0.717) is 18.5 Å². The van der Waals surface area contributed by atoms with Crippen LogP contribution in [0.25, 0.3) is 0 Å². The lowest BCUT2D eigenvalue weighted by atomic mass is 10.0. The topological polar surface area (TPSA) is 212 Å². The van der Waals surface area contributed by atoms with Gasteiger partial charge in [0, 0.05) is 18.7 Å². The maximum absolute atomic E-state index is 13.5. The molecule has 9 N–H and O–H groups in total. The number of carboxylic acids is 1. The zero-order valence-electron chi connectivity index (χ0n) is 22.7. The predicted molar refractivity (Wildman–Crippen MR) is 151 cm³/mol. The number of hydrogen-bond donors (Lipinski definition) is 9. The average Bonchev–Trinajstić information content (AvgIpc) is 3.45. The van der Waals surface area contributed by atoms with Crippen LogP contribution in [0.1, 0.15) is 38.7 Å². The number of nitrogens with two attached hydrogens (primary N) is 1. The molecule has 40 heavy (non-hydrogen) atoms. The van der Waals surface area contributed by atoms with Crippen molar-refractivity contribution in [3.05, 3.63) is 29.8 Å². The summed E-state index contributed by atoms with van der Waals surface area (Å²) in [6.45, 7) is 4.15. The van der Waals surface area contributed by atoms with Crippen molar-refractivity contribution in [2.24, 2.45) is 11.7 Å². The molecular formula is C26H40N6O7S. The summed E-state index contributed by atoms with van der Waals surface area (Å²) in [6.07, 6.45) is 1.66. The molecule has 222 valence electrons. The number of phenolic OH excluding ortho intramolecular Hbond substituents is 1. The summed E-state index contributed by atoms with van der Waals surface area (Å²) in [5.41, 5.74) is 6.37. The lowest BCUT2D eigenvalue weighted by Gasteiger charge is -2.27. The number of phenols is 1. The molecule has 1 saturated heterocycles. The maximum Gasteiger partial charge on any atom is 0.327 e. The SMILES string of the molecule is CC(C)C[C@H](NC(=O)[C@H](Cc1ccc(O)cc1)NC(=O)[C@H](CN)NC(=O)[C@@H]1CCCN1)C(=O)N[C@@H](CS)C(=O)O. The van der Waals surface area contributed by atoms with Gasteiger partial charge in [0.2, 0.25) is 23.6 Å². The largest absolute Gasteiger partial charge is 0.508 e. The first-order chi connectivity index (χ1) is 18.9. The van der Waals surface area contributed by atoms with Crippen LogP contribution >= 0.6 is 12.6 Å². The summed E-state index contributed by atoms with van der Waals surface area (Å²) in [6, 6.07) is 0.965. The minimum absolute atomic E-state index is 0.00230. The molecule has 0 spiro atoms. The molecule has 1 aliphatic rings. The van der Waals surface area contributed by atoms with E-state index in [2.05, 4.69) is 39.2 Å². The average molecular weight is 581 g/mol. The van der Waals surface area contributed by atoms with Gasteiger partial charge in [0.15, 0.2) is 0 Å². The monoisotopic (exact) mass is 580 g/mol. The molecule has 0 aliphatic carbocycles. The van der Waals surface area contributed by atoms with Crippen LogP contribution in [0, 0.1) is 5.92 Å². The van der Waals surface area contributed by atoms with Crippen LogP contribution in [0.2, 0.25) is 0 Å². The number of carboxylic acid groups (broad SMARTS) is 1. The van der Waals surface area contributed by atoms with Gasteiger partial charge in [-0.2, -0.15) is 12.6 Å². The Balaban J connectivity index is 2.23. The highest BCUT2D eigenvalue weighted by Gasteiger charge is 2.32. The van der Waals surface area contributed by atoms with Gasteiger partial charge in [-0.05, 0) is 49.4 Å². The quantitative estimate of drug-likeness (QED) is 0.112. The highest BCUT2D eigenvalue weighted by Crippen LogP contribution is 2.13. The predicted octanol–water partition coefficient (Wildman–Crippen LogP) is -1.35. The van der Waals surface area contributed by atoms with Gasteiger partial charge >= 0.3 is 5.97 Å². The van der Waals surface area contributed by atoms with Gasteiger partial charge in [-0.25, -0.2) is 4.79 Å². The van der Waals surface area contributed by atoms with E-state index in [1.807, 2.05) is 13.8 Å². The van der Waals surface area contributed by atoms with E-state index in [0.717, 1.165) is 6.42 Å². The van der Waals surface area contributed by atoms with Gasteiger partial charge in [-0.3, -0.25) is 19.2 Å². The fraction of sp³-hybridized carbons (Fsp3) is 0.577. The Labute approximate surface area is 238 Å². The van der Waals surface area contributed by atoms with Gasteiger partial charge in [-0.1, -0.05) is 26.0 Å². The normalized spacial score (nSPS) is 17.8. The minimum atomic E-state index is -1.27. The Morgan fingerprint density at radius 1 is 0.950 bits per heavy atom. The maximum atomic E-state index is 13.5. The number of benzene rings is 1. The van der Waals surface area contributed by atoms with Crippen LogP contribution in [0.5, 0.6) is 5.75 Å². The first-order valence-electron chi connectivity index (χ1n) is 13.2. The smallest absolute Gasteiger partial charge is 0.327 e. The molecule has 1 aromatic rings. The van der Waals surface area contributed by atoms with Crippen LogP contribution in [0.4, 0.5) is 0 Å². The van der Waals surface area contributed by atoms with Crippen LogP contribution in [0.3, 0.4) is 0 Å². The van der Waals surface area contributed by atoms with Gasteiger partial charge in [0.05, 0.1) is 6.04 Å². The molecule has 4 amide bonds. The van der Waals surface area contributed by atoms with Gasteiger partial charge < -0.3 is 42.5 Å². The lowest BCUT2D eigenvalue weighted by Crippen LogP contribution is -2.60. The number of aromatic hydroxyl groups is 1. The number of thiol groups is 1. The summed E-state index contributed by atoms with van der Waals surface area (Å²) in [5, 5.41) is 32.2. The Morgan fingerprint density at radius 2 is 1.52 bits per heavy atom. The second kappa shape index (κ2) is 16.0. The summed E-state index contributed by atoms with van der Waals surface area (Å²) in [5.74, 6) is -3.88. The van der Waals surface area contributed by atoms with Crippen molar-refractivity contribution in [3.63, 3.8) is 0 Å². The molecule has 1 heterocycles. The van der Waals surface area contributed by atoms with Crippen molar-refractivity contribution in [3.8, 4) is 5.75 Å². The van der Waals surface area contributed by atoms with E-state index in [9.17, 15) is 34.2 Å². The third kappa shape index (κ3) is 10.3. The number of hydrogen-bond acceptors (Lipinski definition) is 9. The molecule has 13 nitrogen and oxygen atoms in total. The summed E-state index contributed by atoms with van der Waals surface area (Å²) in [7, 11) is 0. The van der Waals surface area contributed by atoms with Crippen molar-refractivity contribution in [2.75, 3.05) is 18.8 Å². The minimum Gasteiger partial charge on any atom is -0.508 e. The van der Waals surface area contributed by atoms with E-state index in [1.54, 1.807) is 12.1 Å². The van der Waals surface area contributed by atoms with Gasteiger partial charge in [-0.15, -0.1) is 0 Å². The number of nitrogens with one attached hydrogen (secondary N) is 5. The number of amides is 4. The molecule has 0 saturated carbocycles. The lowest BCUT2D eigenvalue weighted by molar-refractivity contribution is -0.141. The van der Waals surface area contributed by atoms with Gasteiger partial charge in [0.25, 0.3) is 0 Å². The molecule has 1 aliphatic heterocycles. The second-order valence-electron chi connectivity index (χ2n) is 10.2. The van der Waals surface area contributed by atoms with Crippen molar-refractivity contribution < 1.29 is 34.2 Å². The Bertz CT molecular complexity index is 1030. The van der Waals surface area contributed by atoms with E-state index < -0.39 is 53.9 Å². The Morgan fingerprint density at radius 3 is 2.05 bits per heavy atom. The fourth-order valence-electron chi connectivity index (χ4n) is 4.19. The molecule has 5 atom stereocenters. The van der Waals surface area contributed by atoms with Crippen LogP contribution < -0.4 is 32.3 Å². The van der Waals surface area contributed by atoms with Crippen LogP contribution in [-0.4, -0.2) is 88.9 Å². The molecule has 1 aromatic carbocycles. The molecule has 0 unspecified atom stereocenters. The zero-order chi connectivity index (χ0) is 29.8. The summed E-state index contributed by atoms with van der Waals surface area (Å²) < 4.78 is 0. The molecule has 0 bridgehead atoms. The number of aliphatic carboxylic acids is 1. The molecule has 14 heteroatoms. The number of carbonyl (C=O) groups excluding carboxylic acids is 4. The van der Waals surface area contributed by atoms with E-state index >= 15 is 0 Å². The van der Waals surface area contributed by atoms with Crippen LogP contribution in [-0.2, 0) is 30.4 Å². The number of rotatable bonds is 15. The molecule has 0 aromatic heterocycles. The highest BCUT2D eigenvalue weighted by molar-refractivity contribution is 7.80. The summed E-state index contributed by atoms with van der Waals surface area (Å²) >= 11 is 3.96. The summed E-state index contributed by atoms with van der Waals surface area (Å²) in [4.78, 5) is 63.4. The first-order valence-corrected chi connectivity index (χ1v) is 13.8. The molecule has 2 rings (SSSR count). The highest BCUT2D eigenvalue weighted by atomic mass is 32.1. The second-order valence-corrected chi connectivity index (χ2v) is 10.5. The number of carbonyl (C=O) groups is 5. The molecular weight excluding hydrogens is 540 g/mol. The third-order valence-electron chi connectivity index (χ3n) is 6.39. The van der Waals surface area contributed by atoms with Gasteiger partial charge in [0.1, 0.15) is 29.9 Å². The Kier molecular flexibility index (Phi) is 13.2. The van der Waals surface area contributed by atoms with Crippen molar-refractivity contribution in [1.82, 2.24) is 26.6 Å².